The zero-order chi connectivity index (χ0) is 18.5. The number of aromatic nitrogens is 2. The summed E-state index contributed by atoms with van der Waals surface area (Å²) in [5, 5.41) is 4.20. The second-order valence-corrected chi connectivity index (χ2v) is 6.32. The van der Waals surface area contributed by atoms with Gasteiger partial charge in [-0.25, -0.2) is 4.68 Å². The number of aryl methyl sites for hydroxylation is 1. The van der Waals surface area contributed by atoms with Gasteiger partial charge in [-0.2, -0.15) is 5.10 Å². The fourth-order valence-electron chi connectivity index (χ4n) is 2.77. The van der Waals surface area contributed by atoms with Crippen molar-refractivity contribution in [2.45, 2.75) is 32.4 Å². The van der Waals surface area contributed by atoms with Gasteiger partial charge in [0.15, 0.2) is 17.6 Å². The SMILES string of the molecule is CCCCn1nc(C(=O)N(C)CC2COc3ccccc3O2)ccc1=O. The van der Waals surface area contributed by atoms with Crippen molar-refractivity contribution in [3.63, 3.8) is 0 Å². The fourth-order valence-corrected chi connectivity index (χ4v) is 2.77. The molecule has 0 aliphatic carbocycles. The lowest BCUT2D eigenvalue weighted by Crippen LogP contribution is -2.42. The minimum Gasteiger partial charge on any atom is -0.486 e. The molecule has 0 spiro atoms. The minimum atomic E-state index is -0.259. The summed E-state index contributed by atoms with van der Waals surface area (Å²) in [6.07, 6.45) is 1.53. The Hall–Kier alpha value is -2.83. The van der Waals surface area contributed by atoms with E-state index < -0.39 is 0 Å². The quantitative estimate of drug-likeness (QED) is 0.790. The molecule has 1 aromatic heterocycles. The van der Waals surface area contributed by atoms with Crippen molar-refractivity contribution in [1.29, 1.82) is 0 Å². The number of likely N-dealkylation sites (N-methyl/N-ethyl adjacent to an activating group) is 1. The van der Waals surface area contributed by atoms with Crippen molar-refractivity contribution < 1.29 is 14.3 Å². The standard InChI is InChI=1S/C19H23N3O4/c1-3-4-11-22-18(23)10-9-15(20-22)19(24)21(2)12-14-13-25-16-7-5-6-8-17(16)26-14/h5-10,14H,3-4,11-13H2,1-2H3. The van der Waals surface area contributed by atoms with E-state index in [0.29, 0.717) is 31.2 Å². The predicted octanol–water partition coefficient (Wildman–Crippen LogP) is 1.96. The Labute approximate surface area is 152 Å². The summed E-state index contributed by atoms with van der Waals surface area (Å²) in [6.45, 7) is 3.29. The van der Waals surface area contributed by atoms with Gasteiger partial charge in [0, 0.05) is 19.7 Å². The maximum Gasteiger partial charge on any atom is 0.274 e. The number of para-hydroxylation sites is 2. The molecule has 26 heavy (non-hydrogen) atoms. The molecule has 0 bridgehead atoms. The number of carbonyl (C=O) groups is 1. The van der Waals surface area contributed by atoms with E-state index >= 15 is 0 Å². The molecule has 1 atom stereocenters. The Balaban J connectivity index is 1.66. The molecule has 0 saturated heterocycles. The van der Waals surface area contributed by atoms with E-state index in [9.17, 15) is 9.59 Å². The Morgan fingerprint density at radius 1 is 1.27 bits per heavy atom. The lowest BCUT2D eigenvalue weighted by atomic mass is 10.2. The molecule has 0 N–H and O–H groups in total. The number of unbranched alkanes of at least 4 members (excludes halogenated alkanes) is 1. The third-order valence-electron chi connectivity index (χ3n) is 4.20. The van der Waals surface area contributed by atoms with E-state index in [2.05, 4.69) is 5.10 Å². The first-order valence-electron chi connectivity index (χ1n) is 8.80. The number of nitrogens with zero attached hydrogens (tertiary/aromatic N) is 3. The highest BCUT2D eigenvalue weighted by molar-refractivity contribution is 5.91. The zero-order valence-electron chi connectivity index (χ0n) is 15.1. The molecule has 2 aromatic rings. The highest BCUT2D eigenvalue weighted by Crippen LogP contribution is 2.30. The van der Waals surface area contributed by atoms with Crippen LogP contribution in [-0.2, 0) is 6.54 Å². The summed E-state index contributed by atoms with van der Waals surface area (Å²) in [4.78, 5) is 26.0. The highest BCUT2D eigenvalue weighted by atomic mass is 16.6. The Morgan fingerprint density at radius 3 is 2.81 bits per heavy atom. The first-order valence-corrected chi connectivity index (χ1v) is 8.80. The third-order valence-corrected chi connectivity index (χ3v) is 4.20. The smallest absolute Gasteiger partial charge is 0.274 e. The fraction of sp³-hybridized carbons (Fsp3) is 0.421. The second-order valence-electron chi connectivity index (χ2n) is 6.32. The molecule has 7 heteroatoms. The number of ether oxygens (including phenoxy) is 2. The number of fused-ring (bicyclic) bond motifs is 1. The molecule has 0 fully saturated rings. The third kappa shape index (κ3) is 4.04. The maximum atomic E-state index is 12.7. The van der Waals surface area contributed by atoms with Crippen molar-refractivity contribution in [2.24, 2.45) is 0 Å². The van der Waals surface area contributed by atoms with Crippen molar-refractivity contribution in [3.05, 3.63) is 52.4 Å². The molecule has 2 heterocycles. The van der Waals surface area contributed by atoms with Gasteiger partial charge < -0.3 is 14.4 Å². The van der Waals surface area contributed by atoms with E-state index in [1.165, 1.54) is 16.8 Å². The van der Waals surface area contributed by atoms with Gasteiger partial charge in [0.2, 0.25) is 0 Å². The normalized spacial score (nSPS) is 15.5. The van der Waals surface area contributed by atoms with Gasteiger partial charge >= 0.3 is 0 Å². The van der Waals surface area contributed by atoms with Gasteiger partial charge in [0.25, 0.3) is 11.5 Å². The van der Waals surface area contributed by atoms with Crippen molar-refractivity contribution in [3.8, 4) is 11.5 Å². The van der Waals surface area contributed by atoms with Crippen LogP contribution >= 0.6 is 0 Å². The molecule has 3 rings (SSSR count). The molecule has 0 saturated carbocycles. The number of carbonyl (C=O) groups excluding carboxylic acids is 1. The van der Waals surface area contributed by atoms with Crippen molar-refractivity contribution in [2.75, 3.05) is 20.2 Å². The van der Waals surface area contributed by atoms with Gasteiger partial charge in [-0.15, -0.1) is 0 Å². The van der Waals surface area contributed by atoms with Crippen LogP contribution in [0.4, 0.5) is 0 Å². The summed E-state index contributed by atoms with van der Waals surface area (Å²) in [6, 6.07) is 10.3. The lowest BCUT2D eigenvalue weighted by Gasteiger charge is -2.29. The lowest BCUT2D eigenvalue weighted by molar-refractivity contribution is 0.0515. The summed E-state index contributed by atoms with van der Waals surface area (Å²) >= 11 is 0. The number of benzene rings is 1. The Kier molecular flexibility index (Phi) is 5.55. The van der Waals surface area contributed by atoms with E-state index in [1.54, 1.807) is 11.9 Å². The van der Waals surface area contributed by atoms with Crippen molar-refractivity contribution in [1.82, 2.24) is 14.7 Å². The first-order chi connectivity index (χ1) is 12.6. The summed E-state index contributed by atoms with van der Waals surface area (Å²) in [5.74, 6) is 1.14. The molecule has 1 amide bonds. The average molecular weight is 357 g/mol. The maximum absolute atomic E-state index is 12.7. The van der Waals surface area contributed by atoms with E-state index in [4.69, 9.17) is 9.47 Å². The topological polar surface area (TPSA) is 73.7 Å². The number of hydrogen-bond donors (Lipinski definition) is 0. The second kappa shape index (κ2) is 8.03. The van der Waals surface area contributed by atoms with Crippen LogP contribution in [0.5, 0.6) is 11.5 Å². The summed E-state index contributed by atoms with van der Waals surface area (Å²) in [5.41, 5.74) is 0.0543. The van der Waals surface area contributed by atoms with Gasteiger partial charge in [-0.3, -0.25) is 9.59 Å². The number of hydrogen-bond acceptors (Lipinski definition) is 5. The predicted molar refractivity (Wildman–Crippen MR) is 96.7 cm³/mol. The first kappa shape index (κ1) is 18.0. The van der Waals surface area contributed by atoms with Crippen LogP contribution in [0.15, 0.2) is 41.2 Å². The van der Waals surface area contributed by atoms with Crippen LogP contribution in [0.1, 0.15) is 30.3 Å². The molecule has 0 radical (unpaired) electrons. The Morgan fingerprint density at radius 2 is 2.04 bits per heavy atom. The van der Waals surface area contributed by atoms with Crippen LogP contribution in [0.3, 0.4) is 0 Å². The minimum absolute atomic E-state index is 0.196. The van der Waals surface area contributed by atoms with Crippen LogP contribution < -0.4 is 15.0 Å². The monoisotopic (exact) mass is 357 g/mol. The van der Waals surface area contributed by atoms with Gasteiger partial charge in [-0.1, -0.05) is 25.5 Å². The summed E-state index contributed by atoms with van der Waals surface area (Å²) in [7, 11) is 1.69. The van der Waals surface area contributed by atoms with Gasteiger partial charge in [0.05, 0.1) is 6.54 Å². The average Bonchev–Trinajstić information content (AvgIpc) is 2.66. The molecule has 1 aromatic carbocycles. The molecule has 1 aliphatic heterocycles. The molecule has 1 unspecified atom stereocenters. The number of rotatable bonds is 6. The molecule has 7 nitrogen and oxygen atoms in total. The van der Waals surface area contributed by atoms with Crippen molar-refractivity contribution >= 4 is 5.91 Å². The molecular weight excluding hydrogens is 334 g/mol. The largest absolute Gasteiger partial charge is 0.486 e. The molecule has 138 valence electrons. The van der Waals surface area contributed by atoms with Gasteiger partial charge in [-0.05, 0) is 24.6 Å². The van der Waals surface area contributed by atoms with Crippen LogP contribution in [0, 0.1) is 0 Å². The van der Waals surface area contributed by atoms with E-state index in [1.807, 2.05) is 31.2 Å². The summed E-state index contributed by atoms with van der Waals surface area (Å²) < 4.78 is 12.9. The van der Waals surface area contributed by atoms with E-state index in [0.717, 1.165) is 12.8 Å². The van der Waals surface area contributed by atoms with Gasteiger partial charge in [0.1, 0.15) is 12.3 Å². The highest BCUT2D eigenvalue weighted by Gasteiger charge is 2.24. The number of amides is 1. The zero-order valence-corrected chi connectivity index (χ0v) is 15.1. The van der Waals surface area contributed by atoms with Crippen LogP contribution in [0.25, 0.3) is 0 Å². The van der Waals surface area contributed by atoms with E-state index in [-0.39, 0.29) is 23.3 Å². The Bertz CT molecular complexity index is 834. The van der Waals surface area contributed by atoms with Crippen LogP contribution in [-0.4, -0.2) is 46.9 Å². The molecule has 1 aliphatic rings. The molecular formula is C19H23N3O4. The van der Waals surface area contributed by atoms with Crippen LogP contribution in [0.2, 0.25) is 0 Å².